The third kappa shape index (κ3) is 3.63. The summed E-state index contributed by atoms with van der Waals surface area (Å²) in [4.78, 5) is 25.8. The number of benzene rings is 1. The Morgan fingerprint density at radius 3 is 2.57 bits per heavy atom. The maximum Gasteiger partial charge on any atom is 0.340 e. The lowest BCUT2D eigenvalue weighted by atomic mass is 10.1. The van der Waals surface area contributed by atoms with Crippen LogP contribution in [0.5, 0.6) is 5.75 Å². The number of thiophene rings is 1. The lowest BCUT2D eigenvalue weighted by molar-refractivity contribution is 0.0602. The van der Waals surface area contributed by atoms with Crippen molar-refractivity contribution >= 4 is 39.2 Å². The van der Waals surface area contributed by atoms with E-state index in [0.717, 1.165) is 4.88 Å². The predicted octanol–water partition coefficient (Wildman–Crippen LogP) is 4.14. The molecule has 1 aromatic carbocycles. The second kappa shape index (κ2) is 7.85. The first-order chi connectivity index (χ1) is 13.3. The van der Waals surface area contributed by atoms with Crippen molar-refractivity contribution in [3.63, 3.8) is 0 Å². The standard InChI is InChI=1S/C20H20N2O5S/c1-10(2)15-9-13(20(24)26-4)19(28-15)22-18(23)12-8-11-6-5-7-14(25-3)16(11)27-17(12)21/h5-10,21H,1-4H3,(H,22,23). The molecule has 3 aromatic rings. The van der Waals surface area contributed by atoms with Gasteiger partial charge in [0.05, 0.1) is 19.8 Å². The van der Waals surface area contributed by atoms with E-state index in [-0.39, 0.29) is 22.6 Å². The fourth-order valence-corrected chi connectivity index (χ4v) is 3.73. The Morgan fingerprint density at radius 1 is 1.18 bits per heavy atom. The zero-order chi connectivity index (χ0) is 20.4. The number of anilines is 1. The van der Waals surface area contributed by atoms with Gasteiger partial charge in [-0.25, -0.2) is 4.79 Å². The average Bonchev–Trinajstić information content (AvgIpc) is 3.10. The number of esters is 1. The number of fused-ring (bicyclic) bond motifs is 1. The van der Waals surface area contributed by atoms with E-state index < -0.39 is 11.9 Å². The summed E-state index contributed by atoms with van der Waals surface area (Å²) in [6.07, 6.45) is 0. The first-order valence-corrected chi connectivity index (χ1v) is 9.36. The van der Waals surface area contributed by atoms with Crippen LogP contribution in [0.15, 0.2) is 34.7 Å². The zero-order valence-electron chi connectivity index (χ0n) is 15.9. The minimum absolute atomic E-state index is 0.0519. The molecule has 146 valence electrons. The van der Waals surface area contributed by atoms with Crippen molar-refractivity contribution in [1.29, 1.82) is 5.41 Å². The molecule has 0 aliphatic heterocycles. The maximum atomic E-state index is 12.8. The van der Waals surface area contributed by atoms with Crippen LogP contribution < -0.4 is 15.6 Å². The maximum absolute atomic E-state index is 12.8. The fourth-order valence-electron chi connectivity index (χ4n) is 2.68. The molecule has 2 heterocycles. The highest BCUT2D eigenvalue weighted by molar-refractivity contribution is 7.16. The van der Waals surface area contributed by atoms with Crippen LogP contribution in [-0.2, 0) is 4.74 Å². The van der Waals surface area contributed by atoms with E-state index in [1.165, 1.54) is 25.6 Å². The number of amides is 1. The molecule has 3 rings (SSSR count). The Kier molecular flexibility index (Phi) is 5.51. The van der Waals surface area contributed by atoms with Gasteiger partial charge in [0.15, 0.2) is 11.3 Å². The SMILES string of the molecule is COC(=O)c1cc(C(C)C)sc1NC(=O)c1cc2cccc(OC)c2oc1=N. The third-order valence-electron chi connectivity index (χ3n) is 4.18. The first-order valence-electron chi connectivity index (χ1n) is 8.54. The van der Waals surface area contributed by atoms with Crippen molar-refractivity contribution in [3.05, 3.63) is 51.9 Å². The normalized spacial score (nSPS) is 10.9. The van der Waals surface area contributed by atoms with E-state index in [9.17, 15) is 9.59 Å². The second-order valence-corrected chi connectivity index (χ2v) is 7.44. The van der Waals surface area contributed by atoms with E-state index in [0.29, 0.717) is 21.7 Å². The van der Waals surface area contributed by atoms with Crippen molar-refractivity contribution in [1.82, 2.24) is 0 Å². The molecule has 0 unspecified atom stereocenters. The second-order valence-electron chi connectivity index (χ2n) is 6.36. The molecular weight excluding hydrogens is 380 g/mol. The Hall–Kier alpha value is -3.13. The molecule has 2 N–H and O–H groups in total. The summed E-state index contributed by atoms with van der Waals surface area (Å²) in [7, 11) is 2.80. The number of carbonyl (C=O) groups is 2. The summed E-state index contributed by atoms with van der Waals surface area (Å²) < 4.78 is 15.6. The quantitative estimate of drug-likeness (QED) is 0.627. The van der Waals surface area contributed by atoms with Gasteiger partial charge in [0, 0.05) is 10.3 Å². The van der Waals surface area contributed by atoms with Crippen molar-refractivity contribution in [2.75, 3.05) is 19.5 Å². The van der Waals surface area contributed by atoms with Gasteiger partial charge >= 0.3 is 5.97 Å². The van der Waals surface area contributed by atoms with Crippen LogP contribution in [0.1, 0.15) is 45.4 Å². The minimum atomic E-state index is -0.541. The monoisotopic (exact) mass is 400 g/mol. The van der Waals surface area contributed by atoms with Crippen LogP contribution in [0.4, 0.5) is 5.00 Å². The fraction of sp³-hybridized carbons (Fsp3) is 0.250. The molecule has 8 heteroatoms. The number of rotatable bonds is 5. The van der Waals surface area contributed by atoms with Gasteiger partial charge in [0.1, 0.15) is 10.6 Å². The molecular formula is C20H20N2O5S. The molecule has 0 aliphatic rings. The highest BCUT2D eigenvalue weighted by atomic mass is 32.1. The van der Waals surface area contributed by atoms with Crippen LogP contribution in [0.2, 0.25) is 0 Å². The molecule has 0 saturated carbocycles. The van der Waals surface area contributed by atoms with Crippen LogP contribution in [0.3, 0.4) is 0 Å². The molecule has 1 amide bonds. The molecule has 0 saturated heterocycles. The van der Waals surface area contributed by atoms with Gasteiger partial charge < -0.3 is 19.2 Å². The van der Waals surface area contributed by atoms with Crippen molar-refractivity contribution in [2.45, 2.75) is 19.8 Å². The van der Waals surface area contributed by atoms with Gasteiger partial charge in [-0.2, -0.15) is 0 Å². The summed E-state index contributed by atoms with van der Waals surface area (Å²) in [5.74, 6) is -0.405. The van der Waals surface area contributed by atoms with E-state index in [1.54, 1.807) is 30.3 Å². The first kappa shape index (κ1) is 19.6. The molecule has 28 heavy (non-hydrogen) atoms. The van der Waals surface area contributed by atoms with Gasteiger partial charge in [0.25, 0.3) is 5.91 Å². The van der Waals surface area contributed by atoms with Crippen molar-refractivity contribution in [3.8, 4) is 5.75 Å². The molecule has 0 radical (unpaired) electrons. The molecule has 0 atom stereocenters. The lowest BCUT2D eigenvalue weighted by Crippen LogP contribution is -2.21. The lowest BCUT2D eigenvalue weighted by Gasteiger charge is -2.08. The highest BCUT2D eigenvalue weighted by Gasteiger charge is 2.21. The summed E-state index contributed by atoms with van der Waals surface area (Å²) in [6.45, 7) is 3.99. The molecule has 7 nitrogen and oxygen atoms in total. The number of methoxy groups -OCH3 is 2. The number of hydrogen-bond donors (Lipinski definition) is 2. The zero-order valence-corrected chi connectivity index (χ0v) is 16.7. The van der Waals surface area contributed by atoms with E-state index in [1.807, 2.05) is 13.8 Å². The topological polar surface area (TPSA) is 102 Å². The van der Waals surface area contributed by atoms with E-state index >= 15 is 0 Å². The number of nitrogens with one attached hydrogen (secondary N) is 2. The van der Waals surface area contributed by atoms with Crippen LogP contribution in [0.25, 0.3) is 11.0 Å². The number of carbonyl (C=O) groups excluding carboxylic acids is 2. The van der Waals surface area contributed by atoms with Gasteiger partial charge in [-0.15, -0.1) is 11.3 Å². The number of para-hydroxylation sites is 1. The number of ether oxygens (including phenoxy) is 2. The van der Waals surface area contributed by atoms with Crippen molar-refractivity contribution < 1.29 is 23.5 Å². The van der Waals surface area contributed by atoms with E-state index in [2.05, 4.69) is 5.32 Å². The summed E-state index contributed by atoms with van der Waals surface area (Å²) in [5, 5.41) is 11.8. The Morgan fingerprint density at radius 2 is 1.93 bits per heavy atom. The minimum Gasteiger partial charge on any atom is -0.493 e. The average molecular weight is 400 g/mol. The third-order valence-corrected chi connectivity index (χ3v) is 5.53. The van der Waals surface area contributed by atoms with E-state index in [4.69, 9.17) is 19.3 Å². The Balaban J connectivity index is 2.01. The van der Waals surface area contributed by atoms with Gasteiger partial charge in [-0.05, 0) is 24.1 Å². The van der Waals surface area contributed by atoms with Crippen LogP contribution >= 0.6 is 11.3 Å². The smallest absolute Gasteiger partial charge is 0.340 e. The molecule has 0 aliphatic carbocycles. The summed E-state index contributed by atoms with van der Waals surface area (Å²) in [6, 6.07) is 8.53. The van der Waals surface area contributed by atoms with Crippen molar-refractivity contribution in [2.24, 2.45) is 0 Å². The molecule has 0 spiro atoms. The van der Waals surface area contributed by atoms with Gasteiger partial charge in [-0.3, -0.25) is 10.2 Å². The largest absolute Gasteiger partial charge is 0.493 e. The molecule has 0 bridgehead atoms. The Bertz CT molecular complexity index is 1110. The van der Waals surface area contributed by atoms with Gasteiger partial charge in [-0.1, -0.05) is 26.0 Å². The molecule has 2 aromatic heterocycles. The summed E-state index contributed by atoms with van der Waals surface area (Å²) >= 11 is 1.31. The van der Waals surface area contributed by atoms with Gasteiger partial charge in [0.2, 0.25) is 5.55 Å². The van der Waals surface area contributed by atoms with Crippen LogP contribution in [-0.4, -0.2) is 26.1 Å². The summed E-state index contributed by atoms with van der Waals surface area (Å²) in [5.41, 5.74) is 0.432. The number of hydrogen-bond acceptors (Lipinski definition) is 7. The Labute approximate surface area is 165 Å². The van der Waals surface area contributed by atoms with Crippen LogP contribution in [0, 0.1) is 5.41 Å². The predicted molar refractivity (Wildman–Crippen MR) is 106 cm³/mol. The molecule has 0 fully saturated rings. The highest BCUT2D eigenvalue weighted by Crippen LogP contribution is 2.33.